The highest BCUT2D eigenvalue weighted by atomic mass is 32.1. The van der Waals surface area contributed by atoms with Crippen molar-refractivity contribution in [3.05, 3.63) is 53.7 Å². The van der Waals surface area contributed by atoms with Gasteiger partial charge < -0.3 is 14.8 Å². The first-order chi connectivity index (χ1) is 11.3. The number of hydrogen-bond donors (Lipinski definition) is 1. The summed E-state index contributed by atoms with van der Waals surface area (Å²) in [5.41, 5.74) is 2.31. The van der Waals surface area contributed by atoms with Crippen molar-refractivity contribution >= 4 is 21.6 Å². The Balaban J connectivity index is 1.42. The lowest BCUT2D eigenvalue weighted by atomic mass is 10.1. The van der Waals surface area contributed by atoms with E-state index in [1.165, 1.54) is 15.8 Å². The maximum Gasteiger partial charge on any atom is 0.231 e. The van der Waals surface area contributed by atoms with Gasteiger partial charge in [-0.15, -0.1) is 0 Å². The second kappa shape index (κ2) is 6.18. The van der Waals surface area contributed by atoms with Crippen LogP contribution >= 0.6 is 11.5 Å². The Kier molecular flexibility index (Phi) is 3.89. The molecule has 0 saturated heterocycles. The number of benzene rings is 2. The molecular weight excluding hydrogens is 308 g/mol. The van der Waals surface area contributed by atoms with Crippen LogP contribution < -0.4 is 14.8 Å². The van der Waals surface area contributed by atoms with E-state index in [4.69, 9.17) is 9.47 Å². The molecule has 1 aliphatic heterocycles. The van der Waals surface area contributed by atoms with Gasteiger partial charge in [-0.05, 0) is 30.6 Å². The number of nitrogens with one attached hydrogen (secondary N) is 1. The third kappa shape index (κ3) is 2.78. The molecule has 0 unspecified atom stereocenters. The second-order valence-electron chi connectivity index (χ2n) is 5.63. The maximum absolute atomic E-state index is 5.59. The summed E-state index contributed by atoms with van der Waals surface area (Å²) in [6, 6.07) is 14.6. The lowest BCUT2D eigenvalue weighted by Crippen LogP contribution is -2.21. The van der Waals surface area contributed by atoms with Crippen LogP contribution in [0.4, 0.5) is 0 Å². The van der Waals surface area contributed by atoms with Gasteiger partial charge in [0.25, 0.3) is 0 Å². The minimum Gasteiger partial charge on any atom is -0.454 e. The van der Waals surface area contributed by atoms with Gasteiger partial charge in [0.05, 0.1) is 10.4 Å². The van der Waals surface area contributed by atoms with Crippen molar-refractivity contribution in [1.82, 2.24) is 9.69 Å². The minimum absolute atomic E-state index is 0.205. The number of hydrogen-bond acceptors (Lipinski definition) is 5. The average molecular weight is 326 g/mol. The van der Waals surface area contributed by atoms with Crippen molar-refractivity contribution in [1.29, 1.82) is 0 Å². The van der Waals surface area contributed by atoms with Crippen molar-refractivity contribution in [2.75, 3.05) is 13.3 Å². The fraction of sp³-hybridized carbons (Fsp3) is 0.278. The first kappa shape index (κ1) is 14.5. The molecule has 0 aliphatic carbocycles. The lowest BCUT2D eigenvalue weighted by Gasteiger charge is -2.15. The Morgan fingerprint density at radius 1 is 1.17 bits per heavy atom. The van der Waals surface area contributed by atoms with Crippen molar-refractivity contribution in [3.63, 3.8) is 0 Å². The smallest absolute Gasteiger partial charge is 0.231 e. The van der Waals surface area contributed by atoms with Crippen LogP contribution in [0.1, 0.15) is 24.2 Å². The maximum atomic E-state index is 5.59. The number of ether oxygens (including phenoxy) is 2. The molecule has 0 saturated carbocycles. The molecule has 0 amide bonds. The third-order valence-electron chi connectivity index (χ3n) is 4.16. The molecule has 1 atom stereocenters. The topological polar surface area (TPSA) is 43.4 Å². The van der Waals surface area contributed by atoms with E-state index in [9.17, 15) is 0 Å². The highest BCUT2D eigenvalue weighted by Gasteiger charge is 2.20. The van der Waals surface area contributed by atoms with Crippen LogP contribution in [0.25, 0.3) is 10.1 Å². The molecule has 4 nitrogen and oxygen atoms in total. The molecule has 0 bridgehead atoms. The van der Waals surface area contributed by atoms with Gasteiger partial charge >= 0.3 is 0 Å². The summed E-state index contributed by atoms with van der Waals surface area (Å²) in [5, 5.41) is 4.83. The van der Waals surface area contributed by atoms with E-state index < -0.39 is 0 Å². The van der Waals surface area contributed by atoms with Crippen LogP contribution in [-0.4, -0.2) is 17.7 Å². The molecule has 5 heteroatoms. The standard InChI is InChI=1S/C18H18N2O2S/c1-12(13-6-4-7-16-18(13)22-11-21-16)19-10-9-15-14-5-2-3-8-17(14)23-20-15/h2-8,12,19H,9-11H2,1H3/t12-/m1/s1. The first-order valence-electron chi connectivity index (χ1n) is 7.78. The van der Waals surface area contributed by atoms with Gasteiger partial charge in [0.2, 0.25) is 6.79 Å². The van der Waals surface area contributed by atoms with Crippen LogP contribution in [0.3, 0.4) is 0 Å². The molecule has 3 aromatic rings. The summed E-state index contributed by atoms with van der Waals surface area (Å²) in [4.78, 5) is 0. The van der Waals surface area contributed by atoms with Gasteiger partial charge in [-0.25, -0.2) is 0 Å². The van der Waals surface area contributed by atoms with Gasteiger partial charge in [0.15, 0.2) is 11.5 Å². The molecule has 0 spiro atoms. The summed E-state index contributed by atoms with van der Waals surface area (Å²) in [5.74, 6) is 1.70. The lowest BCUT2D eigenvalue weighted by molar-refractivity contribution is 0.173. The first-order valence-corrected chi connectivity index (χ1v) is 8.55. The zero-order valence-electron chi connectivity index (χ0n) is 12.9. The Morgan fingerprint density at radius 3 is 3.04 bits per heavy atom. The summed E-state index contributed by atoms with van der Waals surface area (Å²) in [7, 11) is 0. The highest BCUT2D eigenvalue weighted by molar-refractivity contribution is 7.13. The molecule has 2 heterocycles. The molecule has 4 rings (SSSR count). The zero-order chi connectivity index (χ0) is 15.6. The zero-order valence-corrected chi connectivity index (χ0v) is 13.7. The molecule has 1 aliphatic rings. The number of para-hydroxylation sites is 1. The van der Waals surface area contributed by atoms with E-state index in [1.807, 2.05) is 12.1 Å². The number of rotatable bonds is 5. The Bertz CT molecular complexity index is 831. The summed E-state index contributed by atoms with van der Waals surface area (Å²) in [6.07, 6.45) is 0.917. The summed E-state index contributed by atoms with van der Waals surface area (Å²) < 4.78 is 16.9. The molecule has 118 valence electrons. The van der Waals surface area contributed by atoms with Crippen molar-refractivity contribution in [2.45, 2.75) is 19.4 Å². The van der Waals surface area contributed by atoms with E-state index in [2.05, 4.69) is 46.9 Å². The van der Waals surface area contributed by atoms with Crippen LogP contribution in [0.2, 0.25) is 0 Å². The van der Waals surface area contributed by atoms with Gasteiger partial charge in [-0.2, -0.15) is 4.37 Å². The van der Waals surface area contributed by atoms with Crippen LogP contribution in [0, 0.1) is 0 Å². The van der Waals surface area contributed by atoms with Gasteiger partial charge in [-0.1, -0.05) is 30.3 Å². The van der Waals surface area contributed by atoms with E-state index in [-0.39, 0.29) is 6.04 Å². The van der Waals surface area contributed by atoms with Crippen molar-refractivity contribution in [2.24, 2.45) is 0 Å². The van der Waals surface area contributed by atoms with Crippen LogP contribution in [-0.2, 0) is 6.42 Å². The normalized spacial score (nSPS) is 14.3. The molecule has 23 heavy (non-hydrogen) atoms. The average Bonchev–Trinajstić information content (AvgIpc) is 3.21. The molecule has 0 fully saturated rings. The fourth-order valence-corrected chi connectivity index (χ4v) is 3.75. The predicted molar refractivity (Wildman–Crippen MR) is 92.3 cm³/mol. The fourth-order valence-electron chi connectivity index (χ4n) is 2.93. The Hall–Kier alpha value is -2.11. The highest BCUT2D eigenvalue weighted by Crippen LogP contribution is 2.38. The van der Waals surface area contributed by atoms with Gasteiger partial charge in [0, 0.05) is 30.0 Å². The van der Waals surface area contributed by atoms with Crippen LogP contribution in [0.5, 0.6) is 11.5 Å². The van der Waals surface area contributed by atoms with Gasteiger partial charge in [0.1, 0.15) is 0 Å². The van der Waals surface area contributed by atoms with E-state index in [1.54, 1.807) is 11.5 Å². The van der Waals surface area contributed by atoms with Gasteiger partial charge in [-0.3, -0.25) is 0 Å². The van der Waals surface area contributed by atoms with E-state index in [0.29, 0.717) is 6.79 Å². The summed E-state index contributed by atoms with van der Waals surface area (Å²) >= 11 is 1.57. The Morgan fingerprint density at radius 2 is 2.09 bits per heavy atom. The number of aromatic nitrogens is 1. The van der Waals surface area contributed by atoms with Crippen LogP contribution in [0.15, 0.2) is 42.5 Å². The SMILES string of the molecule is C[C@@H](NCCc1nsc2ccccc12)c1cccc2c1OCO2. The molecular formula is C18H18N2O2S. The predicted octanol–water partition coefficient (Wildman–Crippen LogP) is 3.92. The molecule has 1 aromatic heterocycles. The molecule has 0 radical (unpaired) electrons. The quantitative estimate of drug-likeness (QED) is 0.772. The summed E-state index contributed by atoms with van der Waals surface area (Å²) in [6.45, 7) is 3.33. The third-order valence-corrected chi connectivity index (χ3v) is 5.02. The van der Waals surface area contributed by atoms with Crippen molar-refractivity contribution in [3.8, 4) is 11.5 Å². The van der Waals surface area contributed by atoms with E-state index in [0.717, 1.165) is 30.0 Å². The molecule has 1 N–H and O–H groups in total. The minimum atomic E-state index is 0.205. The number of fused-ring (bicyclic) bond motifs is 2. The van der Waals surface area contributed by atoms with E-state index >= 15 is 0 Å². The van der Waals surface area contributed by atoms with Crippen molar-refractivity contribution < 1.29 is 9.47 Å². The second-order valence-corrected chi connectivity index (χ2v) is 6.44. The monoisotopic (exact) mass is 326 g/mol. The largest absolute Gasteiger partial charge is 0.454 e. The molecule has 2 aromatic carbocycles. The Labute approximate surface area is 139 Å². The number of nitrogens with zero attached hydrogens (tertiary/aromatic N) is 1.